The number of hydrogen-bond donors (Lipinski definition) is 1. The van der Waals surface area contributed by atoms with Crippen molar-refractivity contribution in [2.45, 2.75) is 18.7 Å². The Morgan fingerprint density at radius 2 is 1.83 bits per heavy atom. The molecular formula is C17H19N3O3S. The SMILES string of the molecule is COc1cc(C)c(C)cc1S(=O)(=O)Nc1ccc2c(c1)ncn2C. The highest BCUT2D eigenvalue weighted by molar-refractivity contribution is 7.92. The van der Waals surface area contributed by atoms with Crippen molar-refractivity contribution >= 4 is 26.7 Å². The van der Waals surface area contributed by atoms with E-state index >= 15 is 0 Å². The first kappa shape index (κ1) is 16.3. The zero-order valence-corrected chi connectivity index (χ0v) is 14.8. The summed E-state index contributed by atoms with van der Waals surface area (Å²) in [5.74, 6) is 0.324. The fourth-order valence-corrected chi connectivity index (χ4v) is 3.83. The van der Waals surface area contributed by atoms with E-state index < -0.39 is 10.0 Å². The molecule has 0 aliphatic rings. The molecule has 1 heterocycles. The van der Waals surface area contributed by atoms with Crippen LogP contribution in [0.5, 0.6) is 5.75 Å². The Kier molecular flexibility index (Phi) is 3.96. The topological polar surface area (TPSA) is 73.2 Å². The smallest absolute Gasteiger partial charge is 0.265 e. The van der Waals surface area contributed by atoms with Crippen molar-refractivity contribution in [2.75, 3.05) is 11.8 Å². The number of fused-ring (bicyclic) bond motifs is 1. The maximum atomic E-state index is 12.8. The first-order chi connectivity index (χ1) is 11.3. The van der Waals surface area contributed by atoms with E-state index in [1.54, 1.807) is 30.6 Å². The Hall–Kier alpha value is -2.54. The molecule has 0 saturated carbocycles. The third-order valence-corrected chi connectivity index (χ3v) is 5.45. The molecule has 0 atom stereocenters. The Morgan fingerprint density at radius 3 is 2.54 bits per heavy atom. The molecular weight excluding hydrogens is 326 g/mol. The molecule has 126 valence electrons. The van der Waals surface area contributed by atoms with Crippen LogP contribution >= 0.6 is 0 Å². The van der Waals surface area contributed by atoms with Crippen LogP contribution in [0.4, 0.5) is 5.69 Å². The van der Waals surface area contributed by atoms with Crippen LogP contribution in [0.15, 0.2) is 41.6 Å². The first-order valence-corrected chi connectivity index (χ1v) is 8.89. The maximum absolute atomic E-state index is 12.8. The van der Waals surface area contributed by atoms with Crippen LogP contribution in [0.1, 0.15) is 11.1 Å². The molecule has 24 heavy (non-hydrogen) atoms. The van der Waals surface area contributed by atoms with E-state index in [-0.39, 0.29) is 4.90 Å². The number of ether oxygens (including phenoxy) is 1. The number of aryl methyl sites for hydroxylation is 3. The van der Waals surface area contributed by atoms with Gasteiger partial charge in [0.05, 0.1) is 30.2 Å². The molecule has 0 saturated heterocycles. The second-order valence-electron chi connectivity index (χ2n) is 5.75. The van der Waals surface area contributed by atoms with Crippen molar-refractivity contribution in [3.05, 3.63) is 47.8 Å². The van der Waals surface area contributed by atoms with Crippen molar-refractivity contribution in [1.29, 1.82) is 0 Å². The number of anilines is 1. The highest BCUT2D eigenvalue weighted by atomic mass is 32.2. The number of benzene rings is 2. The van der Waals surface area contributed by atoms with Gasteiger partial charge in [0.25, 0.3) is 10.0 Å². The Labute approximate surface area is 141 Å². The van der Waals surface area contributed by atoms with Crippen LogP contribution in [0.25, 0.3) is 11.0 Å². The molecule has 0 fully saturated rings. The minimum atomic E-state index is -3.77. The van der Waals surface area contributed by atoms with E-state index in [9.17, 15) is 8.42 Å². The lowest BCUT2D eigenvalue weighted by Crippen LogP contribution is -2.14. The van der Waals surface area contributed by atoms with Crippen molar-refractivity contribution in [3.8, 4) is 5.75 Å². The number of sulfonamides is 1. The molecule has 7 heteroatoms. The van der Waals surface area contributed by atoms with Gasteiger partial charge in [-0.25, -0.2) is 13.4 Å². The molecule has 6 nitrogen and oxygen atoms in total. The minimum Gasteiger partial charge on any atom is -0.495 e. The van der Waals surface area contributed by atoms with Gasteiger partial charge in [0, 0.05) is 7.05 Å². The minimum absolute atomic E-state index is 0.120. The quantitative estimate of drug-likeness (QED) is 0.789. The molecule has 1 N–H and O–H groups in total. The van der Waals surface area contributed by atoms with Crippen molar-refractivity contribution in [2.24, 2.45) is 7.05 Å². The van der Waals surface area contributed by atoms with Gasteiger partial charge < -0.3 is 9.30 Å². The van der Waals surface area contributed by atoms with Gasteiger partial charge in [-0.05, 0) is 55.3 Å². The fraction of sp³-hybridized carbons (Fsp3) is 0.235. The Bertz CT molecular complexity index is 1020. The summed E-state index contributed by atoms with van der Waals surface area (Å²) in [7, 11) is -0.417. The van der Waals surface area contributed by atoms with Crippen molar-refractivity contribution in [3.63, 3.8) is 0 Å². The lowest BCUT2D eigenvalue weighted by atomic mass is 10.1. The van der Waals surface area contributed by atoms with E-state index in [0.29, 0.717) is 11.4 Å². The number of nitrogens with zero attached hydrogens (tertiary/aromatic N) is 2. The van der Waals surface area contributed by atoms with Gasteiger partial charge in [-0.3, -0.25) is 4.72 Å². The molecule has 3 aromatic rings. The first-order valence-electron chi connectivity index (χ1n) is 7.41. The summed E-state index contributed by atoms with van der Waals surface area (Å²) in [5, 5.41) is 0. The van der Waals surface area contributed by atoms with Crippen LogP contribution in [-0.4, -0.2) is 25.1 Å². The van der Waals surface area contributed by atoms with E-state index in [4.69, 9.17) is 4.74 Å². The summed E-state index contributed by atoms with van der Waals surface area (Å²) in [6.07, 6.45) is 1.69. The highest BCUT2D eigenvalue weighted by Crippen LogP contribution is 2.29. The van der Waals surface area contributed by atoms with Gasteiger partial charge in [0.15, 0.2) is 0 Å². The van der Waals surface area contributed by atoms with E-state index in [1.807, 2.05) is 31.5 Å². The standard InChI is InChI=1S/C17H19N3O3S/c1-11-7-16(23-4)17(8-12(11)2)24(21,22)19-13-5-6-15-14(9-13)18-10-20(15)3/h5-10,19H,1-4H3. The fourth-order valence-electron chi connectivity index (χ4n) is 2.54. The van der Waals surface area contributed by atoms with Crippen LogP contribution in [0.2, 0.25) is 0 Å². The molecule has 2 aromatic carbocycles. The van der Waals surface area contributed by atoms with Gasteiger partial charge >= 0.3 is 0 Å². The Balaban J connectivity index is 2.02. The van der Waals surface area contributed by atoms with Gasteiger partial charge in [-0.1, -0.05) is 0 Å². The summed E-state index contributed by atoms with van der Waals surface area (Å²) in [4.78, 5) is 4.36. The van der Waals surface area contributed by atoms with Crippen molar-refractivity contribution < 1.29 is 13.2 Å². The van der Waals surface area contributed by atoms with Gasteiger partial charge in [0.2, 0.25) is 0 Å². The van der Waals surface area contributed by atoms with Crippen molar-refractivity contribution in [1.82, 2.24) is 9.55 Å². The molecule has 0 amide bonds. The number of rotatable bonds is 4. The molecule has 0 bridgehead atoms. The van der Waals surface area contributed by atoms with Crippen LogP contribution < -0.4 is 9.46 Å². The number of hydrogen-bond acceptors (Lipinski definition) is 4. The lowest BCUT2D eigenvalue weighted by molar-refractivity contribution is 0.402. The normalized spacial score (nSPS) is 11.7. The zero-order valence-electron chi connectivity index (χ0n) is 14.0. The summed E-state index contributed by atoms with van der Waals surface area (Å²) in [5.41, 5.74) is 3.98. The second-order valence-corrected chi connectivity index (χ2v) is 7.40. The molecule has 0 radical (unpaired) electrons. The largest absolute Gasteiger partial charge is 0.495 e. The summed E-state index contributed by atoms with van der Waals surface area (Å²) >= 11 is 0. The average Bonchev–Trinajstić information content (AvgIpc) is 2.89. The zero-order chi connectivity index (χ0) is 17.5. The molecule has 0 spiro atoms. The van der Waals surface area contributed by atoms with Gasteiger partial charge in [0.1, 0.15) is 10.6 Å². The van der Waals surface area contributed by atoms with Crippen LogP contribution in [0.3, 0.4) is 0 Å². The van der Waals surface area contributed by atoms with E-state index in [0.717, 1.165) is 22.2 Å². The lowest BCUT2D eigenvalue weighted by Gasteiger charge is -2.14. The van der Waals surface area contributed by atoms with Gasteiger partial charge in [-0.2, -0.15) is 0 Å². The number of aromatic nitrogens is 2. The number of imidazole rings is 1. The third-order valence-electron chi connectivity index (χ3n) is 4.05. The third kappa shape index (κ3) is 2.82. The molecule has 1 aromatic heterocycles. The number of nitrogens with one attached hydrogen (secondary N) is 1. The maximum Gasteiger partial charge on any atom is 0.265 e. The van der Waals surface area contributed by atoms with E-state index in [2.05, 4.69) is 9.71 Å². The predicted octanol–water partition coefficient (Wildman–Crippen LogP) is 3.00. The van der Waals surface area contributed by atoms with Gasteiger partial charge in [-0.15, -0.1) is 0 Å². The highest BCUT2D eigenvalue weighted by Gasteiger charge is 2.21. The second kappa shape index (κ2) is 5.83. The summed E-state index contributed by atoms with van der Waals surface area (Å²) in [6.45, 7) is 3.78. The van der Waals surface area contributed by atoms with Crippen LogP contribution in [-0.2, 0) is 17.1 Å². The molecule has 0 aliphatic heterocycles. The Morgan fingerprint density at radius 1 is 1.12 bits per heavy atom. The predicted molar refractivity (Wildman–Crippen MR) is 94.0 cm³/mol. The molecule has 3 rings (SSSR count). The molecule has 0 aliphatic carbocycles. The average molecular weight is 345 g/mol. The summed E-state index contributed by atoms with van der Waals surface area (Å²) in [6, 6.07) is 8.61. The molecule has 0 unspecified atom stereocenters. The summed E-state index contributed by atoms with van der Waals surface area (Å²) < 4.78 is 35.3. The van der Waals surface area contributed by atoms with Crippen LogP contribution in [0, 0.1) is 13.8 Å². The van der Waals surface area contributed by atoms with E-state index in [1.165, 1.54) is 7.11 Å². The monoisotopic (exact) mass is 345 g/mol. The number of methoxy groups -OCH3 is 1.